The monoisotopic (exact) mass is 419 g/mol. The lowest BCUT2D eigenvalue weighted by Crippen LogP contribution is -2.48. The number of benzene rings is 1. The first-order valence-electron chi connectivity index (χ1n) is 10.4. The van der Waals surface area contributed by atoms with Crippen LogP contribution >= 0.6 is 11.3 Å². The molecule has 1 aliphatic rings. The molecule has 6 nitrogen and oxygen atoms in total. The molecule has 0 atom stereocenters. The fraction of sp³-hybridized carbons (Fsp3) is 0.348. The van der Waals surface area contributed by atoms with Crippen molar-refractivity contribution < 1.29 is 4.79 Å². The van der Waals surface area contributed by atoms with Crippen LogP contribution in [0.25, 0.3) is 21.3 Å². The number of anilines is 1. The fourth-order valence-electron chi connectivity index (χ4n) is 4.13. The van der Waals surface area contributed by atoms with Gasteiger partial charge in [-0.1, -0.05) is 43.4 Å². The van der Waals surface area contributed by atoms with Crippen LogP contribution in [0.2, 0.25) is 0 Å². The second-order valence-corrected chi connectivity index (χ2v) is 9.17. The molecular weight excluding hydrogens is 394 g/mol. The third-order valence-corrected chi connectivity index (χ3v) is 6.61. The molecule has 1 aromatic carbocycles. The van der Waals surface area contributed by atoms with Gasteiger partial charge in [-0.15, -0.1) is 0 Å². The summed E-state index contributed by atoms with van der Waals surface area (Å²) in [5.74, 6) is 0.648. The van der Waals surface area contributed by atoms with E-state index < -0.39 is 0 Å². The van der Waals surface area contributed by atoms with Gasteiger partial charge in [0.05, 0.1) is 5.56 Å². The van der Waals surface area contributed by atoms with E-state index in [-0.39, 0.29) is 5.91 Å². The molecule has 154 valence electrons. The average Bonchev–Trinajstić information content (AvgIpc) is 3.35. The Labute approximate surface area is 179 Å². The number of fused-ring (bicyclic) bond motifs is 2. The number of nitrogens with zero attached hydrogens (tertiary/aromatic N) is 5. The molecule has 1 saturated heterocycles. The van der Waals surface area contributed by atoms with Gasteiger partial charge in [0.1, 0.15) is 10.3 Å². The normalized spacial score (nSPS) is 14.9. The number of para-hydroxylation sites is 1. The number of thiazole rings is 1. The minimum Gasteiger partial charge on any atom is -0.346 e. The zero-order valence-electron chi connectivity index (χ0n) is 17.3. The fourth-order valence-corrected chi connectivity index (χ4v) is 5.09. The Hall–Kier alpha value is -2.93. The third kappa shape index (κ3) is 3.43. The Morgan fingerprint density at radius 1 is 1.10 bits per heavy atom. The molecule has 30 heavy (non-hydrogen) atoms. The van der Waals surface area contributed by atoms with E-state index in [0.717, 1.165) is 51.6 Å². The lowest BCUT2D eigenvalue weighted by molar-refractivity contribution is 0.0748. The van der Waals surface area contributed by atoms with Crippen LogP contribution in [0.3, 0.4) is 0 Å². The third-order valence-electron chi connectivity index (χ3n) is 5.57. The summed E-state index contributed by atoms with van der Waals surface area (Å²) in [6, 6.07) is 12.1. The largest absolute Gasteiger partial charge is 0.346 e. The lowest BCUT2D eigenvalue weighted by atomic mass is 10.1. The zero-order chi connectivity index (χ0) is 20.7. The van der Waals surface area contributed by atoms with Crippen LogP contribution in [-0.2, 0) is 6.54 Å². The van der Waals surface area contributed by atoms with Crippen molar-refractivity contribution in [3.8, 4) is 0 Å². The van der Waals surface area contributed by atoms with Crippen LogP contribution in [0, 0.1) is 5.92 Å². The Balaban J connectivity index is 1.34. The first kappa shape index (κ1) is 19.1. The van der Waals surface area contributed by atoms with Gasteiger partial charge in [-0.3, -0.25) is 4.79 Å². The summed E-state index contributed by atoms with van der Waals surface area (Å²) in [5, 5.41) is 2.03. The van der Waals surface area contributed by atoms with Crippen LogP contribution in [0.1, 0.15) is 24.2 Å². The Kier molecular flexibility index (Phi) is 4.90. The number of amides is 1. The van der Waals surface area contributed by atoms with Crippen molar-refractivity contribution in [2.75, 3.05) is 31.1 Å². The van der Waals surface area contributed by atoms with Gasteiger partial charge in [0, 0.05) is 56.0 Å². The van der Waals surface area contributed by atoms with E-state index in [2.05, 4.69) is 40.4 Å². The summed E-state index contributed by atoms with van der Waals surface area (Å²) < 4.78 is 2.22. The van der Waals surface area contributed by atoms with E-state index in [0.29, 0.717) is 19.0 Å². The molecule has 3 aromatic heterocycles. The van der Waals surface area contributed by atoms with E-state index in [1.165, 1.54) is 0 Å². The molecule has 0 spiro atoms. The molecule has 0 radical (unpaired) electrons. The van der Waals surface area contributed by atoms with Crippen molar-refractivity contribution in [1.29, 1.82) is 0 Å². The van der Waals surface area contributed by atoms with Gasteiger partial charge in [0.15, 0.2) is 5.13 Å². The molecule has 0 bridgehead atoms. The molecular formula is C23H25N5OS. The number of hydrogen-bond donors (Lipinski definition) is 0. The first-order chi connectivity index (χ1) is 14.6. The quantitative estimate of drug-likeness (QED) is 0.496. The standard InChI is InChI=1S/C23H25N5OS/c1-16(2)14-28-15-18(17-6-3-4-8-20(17)28)22(29)26-10-12-27(13-11-26)23-25-19-7-5-9-24-21(19)30-23/h3-9,15-16H,10-14H2,1-2H3. The van der Waals surface area contributed by atoms with E-state index in [1.807, 2.05) is 35.4 Å². The zero-order valence-corrected chi connectivity index (χ0v) is 18.1. The molecule has 5 rings (SSSR count). The smallest absolute Gasteiger partial charge is 0.256 e. The molecule has 1 fully saturated rings. The topological polar surface area (TPSA) is 54.3 Å². The summed E-state index contributed by atoms with van der Waals surface area (Å²) in [5.41, 5.74) is 2.88. The van der Waals surface area contributed by atoms with E-state index >= 15 is 0 Å². The number of hydrogen-bond acceptors (Lipinski definition) is 5. The minimum atomic E-state index is 0.124. The second kappa shape index (κ2) is 7.72. The van der Waals surface area contributed by atoms with Crippen LogP contribution < -0.4 is 4.90 Å². The molecule has 4 heterocycles. The lowest BCUT2D eigenvalue weighted by Gasteiger charge is -2.34. The number of carbonyl (C=O) groups is 1. The maximum absolute atomic E-state index is 13.4. The van der Waals surface area contributed by atoms with Gasteiger partial charge in [-0.05, 0) is 24.1 Å². The first-order valence-corrected chi connectivity index (χ1v) is 11.3. The van der Waals surface area contributed by atoms with E-state index in [4.69, 9.17) is 4.98 Å². The van der Waals surface area contributed by atoms with Crippen molar-refractivity contribution in [3.63, 3.8) is 0 Å². The Morgan fingerprint density at radius 3 is 2.67 bits per heavy atom. The van der Waals surface area contributed by atoms with Gasteiger partial charge in [0.25, 0.3) is 5.91 Å². The number of piperazine rings is 1. The second-order valence-electron chi connectivity index (χ2n) is 8.21. The van der Waals surface area contributed by atoms with Gasteiger partial charge in [-0.2, -0.15) is 0 Å². The van der Waals surface area contributed by atoms with Crippen molar-refractivity contribution in [2.45, 2.75) is 20.4 Å². The molecule has 0 aliphatic carbocycles. The molecule has 0 N–H and O–H groups in total. The van der Waals surface area contributed by atoms with Gasteiger partial charge >= 0.3 is 0 Å². The van der Waals surface area contributed by atoms with Gasteiger partial charge < -0.3 is 14.4 Å². The summed E-state index contributed by atoms with van der Waals surface area (Å²) >= 11 is 1.62. The molecule has 1 amide bonds. The van der Waals surface area contributed by atoms with E-state index in [9.17, 15) is 4.79 Å². The van der Waals surface area contributed by atoms with Gasteiger partial charge in [0.2, 0.25) is 0 Å². The molecule has 4 aromatic rings. The van der Waals surface area contributed by atoms with Crippen molar-refractivity contribution in [2.24, 2.45) is 5.92 Å². The highest BCUT2D eigenvalue weighted by molar-refractivity contribution is 7.21. The summed E-state index contributed by atoms with van der Waals surface area (Å²) in [6.07, 6.45) is 3.84. The number of pyridine rings is 1. The summed E-state index contributed by atoms with van der Waals surface area (Å²) in [6.45, 7) is 8.29. The van der Waals surface area contributed by atoms with Crippen molar-refractivity contribution >= 4 is 43.6 Å². The predicted octanol–water partition coefficient (Wildman–Crippen LogP) is 4.26. The molecule has 7 heteroatoms. The predicted molar refractivity (Wildman–Crippen MR) is 122 cm³/mol. The average molecular weight is 420 g/mol. The molecule has 0 saturated carbocycles. The summed E-state index contributed by atoms with van der Waals surface area (Å²) in [4.78, 5) is 27.7. The Morgan fingerprint density at radius 2 is 1.90 bits per heavy atom. The highest BCUT2D eigenvalue weighted by Gasteiger charge is 2.26. The van der Waals surface area contributed by atoms with E-state index in [1.54, 1.807) is 17.5 Å². The highest BCUT2D eigenvalue weighted by atomic mass is 32.1. The maximum atomic E-state index is 13.4. The van der Waals surface area contributed by atoms with Crippen LogP contribution in [0.15, 0.2) is 48.8 Å². The van der Waals surface area contributed by atoms with Crippen LogP contribution in [0.4, 0.5) is 5.13 Å². The Bertz CT molecular complexity index is 1170. The molecule has 1 aliphatic heterocycles. The van der Waals surface area contributed by atoms with Crippen molar-refractivity contribution in [3.05, 3.63) is 54.4 Å². The number of aromatic nitrogens is 3. The number of rotatable bonds is 4. The van der Waals surface area contributed by atoms with Gasteiger partial charge in [-0.25, -0.2) is 9.97 Å². The SMILES string of the molecule is CC(C)Cn1cc(C(=O)N2CCN(c3nc4cccnc4s3)CC2)c2ccccc21. The van der Waals surface area contributed by atoms with Crippen molar-refractivity contribution in [1.82, 2.24) is 19.4 Å². The highest BCUT2D eigenvalue weighted by Crippen LogP contribution is 2.29. The number of carbonyl (C=O) groups excluding carboxylic acids is 1. The van der Waals surface area contributed by atoms with Crippen LogP contribution in [-0.4, -0.2) is 51.5 Å². The summed E-state index contributed by atoms with van der Waals surface area (Å²) in [7, 11) is 0. The minimum absolute atomic E-state index is 0.124. The van der Waals surface area contributed by atoms with Crippen LogP contribution in [0.5, 0.6) is 0 Å². The maximum Gasteiger partial charge on any atom is 0.256 e. The molecule has 0 unspecified atom stereocenters.